The quantitative estimate of drug-likeness (QED) is 0.802. The second-order valence-electron chi connectivity index (χ2n) is 3.43. The van der Waals surface area contributed by atoms with Gasteiger partial charge in [0.05, 0.1) is 5.02 Å². The van der Waals surface area contributed by atoms with Crippen LogP contribution >= 0.6 is 11.6 Å². The molecule has 2 aromatic rings. The summed E-state index contributed by atoms with van der Waals surface area (Å²) in [5.74, 6) is 0.687. The van der Waals surface area contributed by atoms with Gasteiger partial charge in [-0.15, -0.1) is 0 Å². The SMILES string of the molecule is Nc1cccc(CNc2ncccc2Cl)c1. The monoisotopic (exact) mass is 233 g/mol. The van der Waals surface area contributed by atoms with Gasteiger partial charge in [-0.05, 0) is 29.8 Å². The Labute approximate surface area is 99.3 Å². The lowest BCUT2D eigenvalue weighted by atomic mass is 10.2. The van der Waals surface area contributed by atoms with E-state index < -0.39 is 0 Å². The van der Waals surface area contributed by atoms with Gasteiger partial charge in [0.2, 0.25) is 0 Å². The molecule has 0 spiro atoms. The summed E-state index contributed by atoms with van der Waals surface area (Å²) in [6, 6.07) is 11.3. The van der Waals surface area contributed by atoms with Crippen molar-refractivity contribution in [2.45, 2.75) is 6.54 Å². The summed E-state index contributed by atoms with van der Waals surface area (Å²) in [6.45, 7) is 0.655. The number of hydrogen-bond acceptors (Lipinski definition) is 3. The maximum atomic E-state index is 5.97. The van der Waals surface area contributed by atoms with E-state index in [-0.39, 0.29) is 0 Å². The van der Waals surface area contributed by atoms with E-state index in [4.69, 9.17) is 17.3 Å². The third-order valence-corrected chi connectivity index (χ3v) is 2.47. The molecule has 0 saturated heterocycles. The van der Waals surface area contributed by atoms with Crippen LogP contribution in [0.4, 0.5) is 11.5 Å². The highest BCUT2D eigenvalue weighted by Crippen LogP contribution is 2.18. The summed E-state index contributed by atoms with van der Waals surface area (Å²) < 4.78 is 0. The summed E-state index contributed by atoms with van der Waals surface area (Å²) in [7, 11) is 0. The molecule has 4 heteroatoms. The normalized spacial score (nSPS) is 10.1. The zero-order chi connectivity index (χ0) is 11.4. The van der Waals surface area contributed by atoms with Crippen LogP contribution in [0.2, 0.25) is 5.02 Å². The van der Waals surface area contributed by atoms with E-state index in [1.54, 1.807) is 18.3 Å². The number of nitrogen functional groups attached to an aromatic ring is 1. The molecule has 1 aromatic heterocycles. The molecule has 1 heterocycles. The number of nitrogens with one attached hydrogen (secondary N) is 1. The fourth-order valence-electron chi connectivity index (χ4n) is 1.40. The minimum absolute atomic E-state index is 0.617. The number of aromatic nitrogens is 1. The summed E-state index contributed by atoms with van der Waals surface area (Å²) >= 11 is 5.97. The highest BCUT2D eigenvalue weighted by molar-refractivity contribution is 6.32. The highest BCUT2D eigenvalue weighted by atomic mass is 35.5. The molecule has 0 saturated carbocycles. The molecule has 0 fully saturated rings. The molecule has 16 heavy (non-hydrogen) atoms. The fourth-order valence-corrected chi connectivity index (χ4v) is 1.59. The average molecular weight is 234 g/mol. The van der Waals surface area contributed by atoms with Crippen molar-refractivity contribution in [3.05, 3.63) is 53.2 Å². The van der Waals surface area contributed by atoms with Crippen LogP contribution in [-0.2, 0) is 6.54 Å². The molecule has 0 aliphatic carbocycles. The Morgan fingerprint density at radius 3 is 2.88 bits per heavy atom. The first-order valence-corrected chi connectivity index (χ1v) is 5.32. The van der Waals surface area contributed by atoms with Crippen molar-refractivity contribution < 1.29 is 0 Å². The zero-order valence-corrected chi connectivity index (χ0v) is 9.41. The number of nitrogens with two attached hydrogens (primary N) is 1. The van der Waals surface area contributed by atoms with E-state index in [1.165, 1.54) is 0 Å². The van der Waals surface area contributed by atoms with Crippen molar-refractivity contribution in [3.63, 3.8) is 0 Å². The Morgan fingerprint density at radius 2 is 2.12 bits per heavy atom. The highest BCUT2D eigenvalue weighted by Gasteiger charge is 1.99. The van der Waals surface area contributed by atoms with Crippen molar-refractivity contribution >= 4 is 23.1 Å². The largest absolute Gasteiger partial charge is 0.399 e. The zero-order valence-electron chi connectivity index (χ0n) is 8.65. The second-order valence-corrected chi connectivity index (χ2v) is 3.84. The molecule has 0 aliphatic rings. The van der Waals surface area contributed by atoms with E-state index >= 15 is 0 Å². The van der Waals surface area contributed by atoms with Crippen LogP contribution in [0, 0.1) is 0 Å². The van der Waals surface area contributed by atoms with Gasteiger partial charge >= 0.3 is 0 Å². The Morgan fingerprint density at radius 1 is 1.25 bits per heavy atom. The van der Waals surface area contributed by atoms with Crippen LogP contribution < -0.4 is 11.1 Å². The topological polar surface area (TPSA) is 50.9 Å². The Kier molecular flexibility index (Phi) is 3.27. The van der Waals surface area contributed by atoms with E-state index in [9.17, 15) is 0 Å². The lowest BCUT2D eigenvalue weighted by molar-refractivity contribution is 1.11. The molecule has 0 radical (unpaired) electrons. The van der Waals surface area contributed by atoms with Gasteiger partial charge in [-0.3, -0.25) is 0 Å². The first kappa shape index (κ1) is 10.8. The maximum Gasteiger partial charge on any atom is 0.145 e. The molecule has 0 unspecified atom stereocenters. The summed E-state index contributed by atoms with van der Waals surface area (Å²) in [6.07, 6.45) is 1.70. The number of halogens is 1. The van der Waals surface area contributed by atoms with Crippen molar-refractivity contribution in [2.24, 2.45) is 0 Å². The van der Waals surface area contributed by atoms with Crippen molar-refractivity contribution in [3.8, 4) is 0 Å². The van der Waals surface area contributed by atoms with Crippen LogP contribution in [0.5, 0.6) is 0 Å². The van der Waals surface area contributed by atoms with Crippen LogP contribution in [0.25, 0.3) is 0 Å². The number of benzene rings is 1. The first-order chi connectivity index (χ1) is 7.75. The van der Waals surface area contributed by atoms with Crippen LogP contribution in [0.15, 0.2) is 42.6 Å². The lowest BCUT2D eigenvalue weighted by Gasteiger charge is -2.07. The third-order valence-electron chi connectivity index (χ3n) is 2.17. The molecular formula is C12H12ClN3. The summed E-state index contributed by atoms with van der Waals surface area (Å²) in [4.78, 5) is 4.14. The Bertz CT molecular complexity index is 485. The number of pyridine rings is 1. The molecule has 0 atom stereocenters. The Hall–Kier alpha value is -1.74. The molecule has 0 amide bonds. The minimum atomic E-state index is 0.617. The van der Waals surface area contributed by atoms with Gasteiger partial charge in [-0.2, -0.15) is 0 Å². The molecule has 0 bridgehead atoms. The van der Waals surface area contributed by atoms with Gasteiger partial charge in [0, 0.05) is 18.4 Å². The van der Waals surface area contributed by atoms with E-state index in [0.29, 0.717) is 17.4 Å². The van der Waals surface area contributed by atoms with Crippen LogP contribution in [0.3, 0.4) is 0 Å². The molecule has 2 rings (SSSR count). The van der Waals surface area contributed by atoms with Crippen LogP contribution in [0.1, 0.15) is 5.56 Å². The second kappa shape index (κ2) is 4.86. The van der Waals surface area contributed by atoms with Gasteiger partial charge in [0.25, 0.3) is 0 Å². The molecule has 3 nitrogen and oxygen atoms in total. The van der Waals surface area contributed by atoms with Gasteiger partial charge in [0.15, 0.2) is 0 Å². The van der Waals surface area contributed by atoms with Crippen LogP contribution in [-0.4, -0.2) is 4.98 Å². The standard InChI is InChI=1S/C12H12ClN3/c13-11-5-2-6-15-12(11)16-8-9-3-1-4-10(14)7-9/h1-7H,8,14H2,(H,15,16). The lowest BCUT2D eigenvalue weighted by Crippen LogP contribution is -2.02. The molecule has 3 N–H and O–H groups in total. The van der Waals surface area contributed by atoms with Crippen molar-refractivity contribution in [2.75, 3.05) is 11.1 Å². The first-order valence-electron chi connectivity index (χ1n) is 4.94. The molecular weight excluding hydrogens is 222 g/mol. The number of rotatable bonds is 3. The maximum absolute atomic E-state index is 5.97. The minimum Gasteiger partial charge on any atom is -0.399 e. The smallest absolute Gasteiger partial charge is 0.145 e. The summed E-state index contributed by atoms with van der Waals surface area (Å²) in [5, 5.41) is 3.77. The Balaban J connectivity index is 2.05. The third kappa shape index (κ3) is 2.64. The van der Waals surface area contributed by atoms with Gasteiger partial charge in [-0.25, -0.2) is 4.98 Å². The van der Waals surface area contributed by atoms with E-state index in [0.717, 1.165) is 11.3 Å². The van der Waals surface area contributed by atoms with Gasteiger partial charge in [0.1, 0.15) is 5.82 Å². The molecule has 82 valence electrons. The number of anilines is 2. The summed E-state index contributed by atoms with van der Waals surface area (Å²) in [5.41, 5.74) is 7.54. The number of nitrogens with zero attached hydrogens (tertiary/aromatic N) is 1. The van der Waals surface area contributed by atoms with E-state index in [1.807, 2.05) is 24.3 Å². The van der Waals surface area contributed by atoms with Crippen molar-refractivity contribution in [1.29, 1.82) is 0 Å². The number of hydrogen-bond donors (Lipinski definition) is 2. The van der Waals surface area contributed by atoms with Gasteiger partial charge in [-0.1, -0.05) is 23.7 Å². The fraction of sp³-hybridized carbons (Fsp3) is 0.0833. The van der Waals surface area contributed by atoms with Gasteiger partial charge < -0.3 is 11.1 Å². The predicted octanol–water partition coefficient (Wildman–Crippen LogP) is 2.93. The molecule has 1 aromatic carbocycles. The molecule has 0 aliphatic heterocycles. The van der Waals surface area contributed by atoms with Crippen molar-refractivity contribution in [1.82, 2.24) is 4.98 Å². The predicted molar refractivity (Wildman–Crippen MR) is 67.4 cm³/mol. The average Bonchev–Trinajstić information content (AvgIpc) is 2.28. The van der Waals surface area contributed by atoms with E-state index in [2.05, 4.69) is 10.3 Å².